The molecule has 24 heavy (non-hydrogen) atoms. The minimum atomic E-state index is -0.433. The van der Waals surface area contributed by atoms with Crippen molar-refractivity contribution in [3.8, 4) is 17.2 Å². The zero-order chi connectivity index (χ0) is 17.1. The fourth-order valence-corrected chi connectivity index (χ4v) is 2.60. The molecule has 0 fully saturated rings. The van der Waals surface area contributed by atoms with E-state index >= 15 is 0 Å². The fraction of sp³-hybridized carbons (Fsp3) is 0.111. The fourth-order valence-electron chi connectivity index (χ4n) is 2.60. The summed E-state index contributed by atoms with van der Waals surface area (Å²) in [5.74, 6) is 0.576. The molecule has 0 saturated carbocycles. The van der Waals surface area contributed by atoms with Crippen LogP contribution in [0.1, 0.15) is 17.0 Å². The molecule has 1 heterocycles. The Labute approximate surface area is 138 Å². The van der Waals surface area contributed by atoms with Gasteiger partial charge in [-0.1, -0.05) is 42.5 Å². The second kappa shape index (κ2) is 6.34. The van der Waals surface area contributed by atoms with Crippen LogP contribution in [0.5, 0.6) is 0 Å². The Bertz CT molecular complexity index is 936. The lowest BCUT2D eigenvalue weighted by atomic mass is 9.99. The van der Waals surface area contributed by atoms with Gasteiger partial charge in [-0.3, -0.25) is 0 Å². The third kappa shape index (κ3) is 2.88. The highest BCUT2D eigenvalue weighted by atomic mass is 16.6. The van der Waals surface area contributed by atoms with Crippen LogP contribution in [0, 0.1) is 28.4 Å². The smallest absolute Gasteiger partial charge is 0.343 e. The number of nitro groups is 1. The zero-order valence-electron chi connectivity index (χ0n) is 13.0. The summed E-state index contributed by atoms with van der Waals surface area (Å²) in [6.45, 7) is 2.12. The summed E-state index contributed by atoms with van der Waals surface area (Å²) in [6, 6.07) is 17.2. The SMILES string of the molecule is Cc1ncc([N+](=O)[O-])n1Cc1ccc(-c2ccccc2C#N)cc1. The molecule has 0 aliphatic carbocycles. The molecule has 1 aromatic heterocycles. The van der Waals surface area contributed by atoms with E-state index in [9.17, 15) is 15.4 Å². The summed E-state index contributed by atoms with van der Waals surface area (Å²) in [7, 11) is 0. The van der Waals surface area contributed by atoms with E-state index in [1.54, 1.807) is 17.6 Å². The second-order valence-electron chi connectivity index (χ2n) is 5.36. The van der Waals surface area contributed by atoms with Gasteiger partial charge in [-0.05, 0) is 27.7 Å². The van der Waals surface area contributed by atoms with Gasteiger partial charge in [0.05, 0.1) is 11.6 Å². The van der Waals surface area contributed by atoms with Gasteiger partial charge < -0.3 is 10.1 Å². The molecule has 0 saturated heterocycles. The predicted molar refractivity (Wildman–Crippen MR) is 89.3 cm³/mol. The van der Waals surface area contributed by atoms with E-state index in [0.29, 0.717) is 17.9 Å². The molecule has 0 amide bonds. The first kappa shape index (κ1) is 15.4. The minimum Gasteiger partial charge on any atom is -0.358 e. The van der Waals surface area contributed by atoms with Crippen LogP contribution < -0.4 is 0 Å². The van der Waals surface area contributed by atoms with Crippen molar-refractivity contribution in [1.29, 1.82) is 5.26 Å². The molecule has 6 nitrogen and oxygen atoms in total. The van der Waals surface area contributed by atoms with Crippen LogP contribution in [0.15, 0.2) is 54.7 Å². The van der Waals surface area contributed by atoms with E-state index in [4.69, 9.17) is 0 Å². The third-order valence-electron chi connectivity index (χ3n) is 3.87. The number of aryl methyl sites for hydroxylation is 1. The highest BCUT2D eigenvalue weighted by Crippen LogP contribution is 2.24. The summed E-state index contributed by atoms with van der Waals surface area (Å²) >= 11 is 0. The molecule has 0 unspecified atom stereocenters. The Hall–Kier alpha value is -3.46. The summed E-state index contributed by atoms with van der Waals surface area (Å²) in [4.78, 5) is 14.6. The van der Waals surface area contributed by atoms with E-state index in [1.807, 2.05) is 42.5 Å². The van der Waals surface area contributed by atoms with Crippen molar-refractivity contribution in [2.75, 3.05) is 0 Å². The van der Waals surface area contributed by atoms with Crippen LogP contribution in [0.2, 0.25) is 0 Å². The van der Waals surface area contributed by atoms with E-state index in [1.165, 1.54) is 6.20 Å². The Balaban J connectivity index is 1.90. The monoisotopic (exact) mass is 318 g/mol. The maximum Gasteiger partial charge on any atom is 0.343 e. The molecule has 118 valence electrons. The Morgan fingerprint density at radius 1 is 1.21 bits per heavy atom. The molecular weight excluding hydrogens is 304 g/mol. The third-order valence-corrected chi connectivity index (χ3v) is 3.87. The largest absolute Gasteiger partial charge is 0.358 e. The topological polar surface area (TPSA) is 84.8 Å². The highest BCUT2D eigenvalue weighted by Gasteiger charge is 2.17. The molecule has 0 spiro atoms. The quantitative estimate of drug-likeness (QED) is 0.542. The van der Waals surface area contributed by atoms with Crippen LogP contribution in [-0.2, 0) is 6.54 Å². The molecule has 3 rings (SSSR count). The van der Waals surface area contributed by atoms with Crippen molar-refractivity contribution in [3.05, 3.63) is 81.8 Å². The van der Waals surface area contributed by atoms with Gasteiger partial charge in [0.15, 0.2) is 5.82 Å². The second-order valence-corrected chi connectivity index (χ2v) is 5.36. The summed E-state index contributed by atoms with van der Waals surface area (Å²) in [6.07, 6.45) is 1.27. The maximum atomic E-state index is 11.0. The van der Waals surface area contributed by atoms with Crippen molar-refractivity contribution in [2.45, 2.75) is 13.5 Å². The van der Waals surface area contributed by atoms with Gasteiger partial charge in [0.2, 0.25) is 0 Å². The van der Waals surface area contributed by atoms with E-state index < -0.39 is 4.92 Å². The molecule has 0 aliphatic heterocycles. The summed E-state index contributed by atoms with van der Waals surface area (Å²) in [5, 5.41) is 20.2. The lowest BCUT2D eigenvalue weighted by molar-refractivity contribution is -0.392. The molecule has 2 aromatic carbocycles. The number of nitriles is 1. The van der Waals surface area contributed by atoms with E-state index in [2.05, 4.69) is 11.1 Å². The number of imidazole rings is 1. The van der Waals surface area contributed by atoms with Crippen molar-refractivity contribution in [3.63, 3.8) is 0 Å². The van der Waals surface area contributed by atoms with E-state index in [0.717, 1.165) is 16.7 Å². The molecule has 6 heteroatoms. The average Bonchev–Trinajstić information content (AvgIpc) is 2.96. The Morgan fingerprint density at radius 2 is 1.92 bits per heavy atom. The first-order chi connectivity index (χ1) is 11.6. The number of benzene rings is 2. The molecule has 3 aromatic rings. The normalized spacial score (nSPS) is 10.3. The zero-order valence-corrected chi connectivity index (χ0v) is 13.0. The van der Waals surface area contributed by atoms with Gasteiger partial charge in [-0.2, -0.15) is 5.26 Å². The van der Waals surface area contributed by atoms with Crippen LogP contribution >= 0.6 is 0 Å². The average molecular weight is 318 g/mol. The van der Waals surface area contributed by atoms with Crippen molar-refractivity contribution < 1.29 is 4.92 Å². The highest BCUT2D eigenvalue weighted by molar-refractivity contribution is 5.70. The number of aromatic nitrogens is 2. The Morgan fingerprint density at radius 3 is 2.58 bits per heavy atom. The molecule has 0 N–H and O–H groups in total. The van der Waals surface area contributed by atoms with Crippen LogP contribution in [-0.4, -0.2) is 14.5 Å². The number of hydrogen-bond acceptors (Lipinski definition) is 4. The lowest BCUT2D eigenvalue weighted by Gasteiger charge is -2.06. The summed E-state index contributed by atoms with van der Waals surface area (Å²) in [5.41, 5.74) is 3.35. The lowest BCUT2D eigenvalue weighted by Crippen LogP contribution is -2.06. The molecule has 0 aliphatic rings. The molecule has 0 radical (unpaired) electrons. The predicted octanol–water partition coefficient (Wildman–Crippen LogP) is 3.69. The Kier molecular flexibility index (Phi) is 4.08. The first-order valence-electron chi connectivity index (χ1n) is 7.35. The maximum absolute atomic E-state index is 11.0. The molecule has 0 atom stereocenters. The van der Waals surface area contributed by atoms with E-state index in [-0.39, 0.29) is 5.82 Å². The van der Waals surface area contributed by atoms with Gasteiger partial charge in [0.1, 0.15) is 12.7 Å². The summed E-state index contributed by atoms with van der Waals surface area (Å²) < 4.78 is 1.57. The van der Waals surface area contributed by atoms with Crippen LogP contribution in [0.3, 0.4) is 0 Å². The van der Waals surface area contributed by atoms with Crippen LogP contribution in [0.25, 0.3) is 11.1 Å². The van der Waals surface area contributed by atoms with Gasteiger partial charge >= 0.3 is 5.82 Å². The number of hydrogen-bond donors (Lipinski definition) is 0. The van der Waals surface area contributed by atoms with Gasteiger partial charge in [-0.25, -0.2) is 9.55 Å². The standard InChI is InChI=1S/C18H14N4O2/c1-13-20-11-18(22(23)24)21(13)12-14-6-8-15(9-7-14)17-5-3-2-4-16(17)10-19/h2-9,11H,12H2,1H3. The van der Waals surface area contributed by atoms with Gasteiger partial charge in [0.25, 0.3) is 0 Å². The molecule has 0 bridgehead atoms. The number of nitrogens with zero attached hydrogens (tertiary/aromatic N) is 4. The van der Waals surface area contributed by atoms with Crippen molar-refractivity contribution in [1.82, 2.24) is 9.55 Å². The molecular formula is C18H14N4O2. The first-order valence-corrected chi connectivity index (χ1v) is 7.35. The van der Waals surface area contributed by atoms with Crippen LogP contribution in [0.4, 0.5) is 5.82 Å². The van der Waals surface area contributed by atoms with Gasteiger partial charge in [-0.15, -0.1) is 0 Å². The minimum absolute atomic E-state index is 0.0218. The van der Waals surface area contributed by atoms with Crippen molar-refractivity contribution >= 4 is 5.82 Å². The van der Waals surface area contributed by atoms with Gasteiger partial charge in [0, 0.05) is 6.92 Å². The van der Waals surface area contributed by atoms with Crippen molar-refractivity contribution in [2.24, 2.45) is 0 Å². The number of rotatable bonds is 4.